The van der Waals surface area contributed by atoms with Crippen molar-refractivity contribution in [3.63, 3.8) is 0 Å². The number of hydrogen-bond donors (Lipinski definition) is 2. The van der Waals surface area contributed by atoms with Gasteiger partial charge in [0.25, 0.3) is 5.91 Å². The van der Waals surface area contributed by atoms with Crippen LogP contribution in [0.3, 0.4) is 0 Å². The lowest BCUT2D eigenvalue weighted by molar-refractivity contribution is -0.118. The van der Waals surface area contributed by atoms with E-state index in [1.807, 2.05) is 24.3 Å². The second-order valence-electron chi connectivity index (χ2n) is 5.93. The zero-order valence-corrected chi connectivity index (χ0v) is 13.6. The van der Waals surface area contributed by atoms with Crippen molar-refractivity contribution in [2.75, 3.05) is 17.2 Å². The summed E-state index contributed by atoms with van der Waals surface area (Å²) < 4.78 is 5.39. The topological polar surface area (TPSA) is 76.1 Å². The zero-order chi connectivity index (χ0) is 16.6. The highest BCUT2D eigenvalue weighted by Crippen LogP contribution is 2.20. The van der Waals surface area contributed by atoms with Crippen LogP contribution in [-0.2, 0) is 4.79 Å². The van der Waals surface area contributed by atoms with E-state index in [1.165, 1.54) is 32.1 Å². The number of ether oxygens (including phenoxy) is 1. The molecule has 0 saturated heterocycles. The molecule has 1 aliphatic rings. The Labute approximate surface area is 141 Å². The molecular formula is C18H22N4O2. The Kier molecular flexibility index (Phi) is 5.61. The average molecular weight is 326 g/mol. The molecule has 1 aromatic heterocycles. The van der Waals surface area contributed by atoms with Crippen molar-refractivity contribution in [2.24, 2.45) is 0 Å². The summed E-state index contributed by atoms with van der Waals surface area (Å²) in [6.07, 6.45) is 6.20. The van der Waals surface area contributed by atoms with Crippen molar-refractivity contribution in [3.05, 3.63) is 42.5 Å². The first-order valence-electron chi connectivity index (χ1n) is 8.37. The molecule has 0 unspecified atom stereocenters. The third-order valence-electron chi connectivity index (χ3n) is 4.00. The lowest BCUT2D eigenvalue weighted by Gasteiger charge is -2.22. The van der Waals surface area contributed by atoms with Gasteiger partial charge in [0.15, 0.2) is 12.4 Å². The van der Waals surface area contributed by atoms with Gasteiger partial charge < -0.3 is 15.4 Å². The lowest BCUT2D eigenvalue weighted by atomic mass is 9.95. The number of benzene rings is 1. The Morgan fingerprint density at radius 2 is 1.71 bits per heavy atom. The fraction of sp³-hybridized carbons (Fsp3) is 0.389. The van der Waals surface area contributed by atoms with Gasteiger partial charge in [-0.3, -0.25) is 4.79 Å². The lowest BCUT2D eigenvalue weighted by Crippen LogP contribution is -2.23. The summed E-state index contributed by atoms with van der Waals surface area (Å²) in [6, 6.07) is 13.3. The van der Waals surface area contributed by atoms with Gasteiger partial charge in [0, 0.05) is 6.04 Å². The van der Waals surface area contributed by atoms with Gasteiger partial charge in [0.2, 0.25) is 0 Å². The number of amides is 1. The maximum absolute atomic E-state index is 11.9. The molecule has 2 N–H and O–H groups in total. The largest absolute Gasteiger partial charge is 0.484 e. The van der Waals surface area contributed by atoms with Crippen molar-refractivity contribution in [1.82, 2.24) is 10.2 Å². The number of nitrogens with one attached hydrogen (secondary N) is 2. The summed E-state index contributed by atoms with van der Waals surface area (Å²) in [5, 5.41) is 14.2. The molecular weight excluding hydrogens is 304 g/mol. The van der Waals surface area contributed by atoms with Gasteiger partial charge >= 0.3 is 0 Å². The predicted octanol–water partition coefficient (Wildman–Crippen LogP) is 3.24. The Hall–Kier alpha value is -2.63. The quantitative estimate of drug-likeness (QED) is 0.852. The standard InChI is InChI=1S/C18H22N4O2/c23-18(13-24-15-9-5-2-6-10-15)20-17-12-11-16(21-22-17)19-14-7-3-1-4-8-14/h2,5-6,9-12,14H,1,3-4,7-8,13H2,(H,19,21)(H,20,22,23). The Morgan fingerprint density at radius 3 is 2.42 bits per heavy atom. The van der Waals surface area contributed by atoms with E-state index < -0.39 is 0 Å². The summed E-state index contributed by atoms with van der Waals surface area (Å²) >= 11 is 0. The van der Waals surface area contributed by atoms with E-state index in [2.05, 4.69) is 20.8 Å². The van der Waals surface area contributed by atoms with Crippen LogP contribution in [0.25, 0.3) is 0 Å². The van der Waals surface area contributed by atoms with E-state index >= 15 is 0 Å². The molecule has 6 nitrogen and oxygen atoms in total. The molecule has 0 spiro atoms. The molecule has 3 rings (SSSR count). The van der Waals surface area contributed by atoms with Crippen molar-refractivity contribution in [3.8, 4) is 5.75 Å². The van der Waals surface area contributed by atoms with E-state index in [9.17, 15) is 4.79 Å². The van der Waals surface area contributed by atoms with Crippen LogP contribution in [0.5, 0.6) is 5.75 Å². The van der Waals surface area contributed by atoms with Gasteiger partial charge in [-0.05, 0) is 37.1 Å². The number of anilines is 2. The van der Waals surface area contributed by atoms with Gasteiger partial charge in [0.1, 0.15) is 11.6 Å². The van der Waals surface area contributed by atoms with Gasteiger partial charge in [-0.1, -0.05) is 37.5 Å². The smallest absolute Gasteiger partial charge is 0.263 e. The summed E-state index contributed by atoms with van der Waals surface area (Å²) in [5.41, 5.74) is 0. The second kappa shape index (κ2) is 8.29. The van der Waals surface area contributed by atoms with E-state index in [4.69, 9.17) is 4.74 Å². The molecule has 1 saturated carbocycles. The second-order valence-corrected chi connectivity index (χ2v) is 5.93. The van der Waals surface area contributed by atoms with E-state index in [1.54, 1.807) is 18.2 Å². The highest BCUT2D eigenvalue weighted by atomic mass is 16.5. The summed E-state index contributed by atoms with van der Waals surface area (Å²) in [7, 11) is 0. The Bertz CT molecular complexity index is 640. The minimum absolute atomic E-state index is 0.0617. The molecule has 1 aliphatic carbocycles. The Balaban J connectivity index is 1.45. The third kappa shape index (κ3) is 4.94. The molecule has 0 aliphatic heterocycles. The molecule has 1 amide bonds. The minimum atomic E-state index is -0.263. The zero-order valence-electron chi connectivity index (χ0n) is 13.6. The van der Waals surface area contributed by atoms with Crippen LogP contribution in [0.2, 0.25) is 0 Å². The normalized spacial score (nSPS) is 14.8. The Morgan fingerprint density at radius 1 is 1.00 bits per heavy atom. The number of para-hydroxylation sites is 1. The third-order valence-corrected chi connectivity index (χ3v) is 4.00. The first-order chi connectivity index (χ1) is 11.8. The van der Waals surface area contributed by atoms with Crippen molar-refractivity contribution >= 4 is 17.5 Å². The first-order valence-corrected chi connectivity index (χ1v) is 8.37. The van der Waals surface area contributed by atoms with Crippen LogP contribution in [0.15, 0.2) is 42.5 Å². The van der Waals surface area contributed by atoms with Crippen LogP contribution < -0.4 is 15.4 Å². The van der Waals surface area contributed by atoms with E-state index in [-0.39, 0.29) is 12.5 Å². The van der Waals surface area contributed by atoms with Crippen LogP contribution >= 0.6 is 0 Å². The van der Waals surface area contributed by atoms with Gasteiger partial charge in [-0.15, -0.1) is 10.2 Å². The molecule has 1 heterocycles. The maximum atomic E-state index is 11.9. The molecule has 6 heteroatoms. The number of aromatic nitrogens is 2. The molecule has 2 aromatic rings. The summed E-state index contributed by atoms with van der Waals surface area (Å²) in [5.74, 6) is 1.57. The van der Waals surface area contributed by atoms with Gasteiger partial charge in [0.05, 0.1) is 0 Å². The first kappa shape index (κ1) is 16.2. The summed E-state index contributed by atoms with van der Waals surface area (Å²) in [4.78, 5) is 11.9. The molecule has 0 radical (unpaired) electrons. The summed E-state index contributed by atoms with van der Waals surface area (Å²) in [6.45, 7) is -0.0617. The van der Waals surface area contributed by atoms with Gasteiger partial charge in [-0.25, -0.2) is 0 Å². The maximum Gasteiger partial charge on any atom is 0.263 e. The predicted molar refractivity (Wildman–Crippen MR) is 93.1 cm³/mol. The molecule has 126 valence electrons. The molecule has 0 atom stereocenters. The van der Waals surface area contributed by atoms with E-state index in [0.717, 1.165) is 5.82 Å². The SMILES string of the molecule is O=C(COc1ccccc1)Nc1ccc(NC2CCCCC2)nn1. The molecule has 24 heavy (non-hydrogen) atoms. The monoisotopic (exact) mass is 326 g/mol. The van der Waals surface area contributed by atoms with Crippen molar-refractivity contribution in [1.29, 1.82) is 0 Å². The fourth-order valence-electron chi connectivity index (χ4n) is 2.78. The number of nitrogens with zero attached hydrogens (tertiary/aromatic N) is 2. The van der Waals surface area contributed by atoms with Crippen molar-refractivity contribution in [2.45, 2.75) is 38.1 Å². The molecule has 0 bridgehead atoms. The highest BCUT2D eigenvalue weighted by molar-refractivity contribution is 5.90. The number of carbonyl (C=O) groups excluding carboxylic acids is 1. The molecule has 1 aromatic carbocycles. The number of carbonyl (C=O) groups is 1. The van der Waals surface area contributed by atoms with E-state index in [0.29, 0.717) is 17.6 Å². The number of hydrogen-bond acceptors (Lipinski definition) is 5. The average Bonchev–Trinajstić information content (AvgIpc) is 2.63. The molecule has 1 fully saturated rings. The van der Waals surface area contributed by atoms with Crippen LogP contribution in [-0.4, -0.2) is 28.8 Å². The highest BCUT2D eigenvalue weighted by Gasteiger charge is 2.13. The fourth-order valence-corrected chi connectivity index (χ4v) is 2.78. The number of rotatable bonds is 6. The van der Waals surface area contributed by atoms with Crippen molar-refractivity contribution < 1.29 is 9.53 Å². The van der Waals surface area contributed by atoms with Crippen LogP contribution in [0, 0.1) is 0 Å². The van der Waals surface area contributed by atoms with Crippen LogP contribution in [0.4, 0.5) is 11.6 Å². The minimum Gasteiger partial charge on any atom is -0.484 e. The van der Waals surface area contributed by atoms with Crippen LogP contribution in [0.1, 0.15) is 32.1 Å². The van der Waals surface area contributed by atoms with Gasteiger partial charge in [-0.2, -0.15) is 0 Å².